The maximum Gasteiger partial charge on any atom is 0.226 e. The lowest BCUT2D eigenvalue weighted by Gasteiger charge is -2.31. The van der Waals surface area contributed by atoms with Crippen molar-refractivity contribution in [2.45, 2.75) is 25.7 Å². The smallest absolute Gasteiger partial charge is 0.226 e. The van der Waals surface area contributed by atoms with Crippen molar-refractivity contribution < 1.29 is 14.3 Å². The fourth-order valence-electron chi connectivity index (χ4n) is 2.33. The van der Waals surface area contributed by atoms with E-state index in [0.717, 1.165) is 26.1 Å². The summed E-state index contributed by atoms with van der Waals surface area (Å²) < 4.78 is 5.26. The highest BCUT2D eigenvalue weighted by Crippen LogP contribution is 2.30. The number of rotatable bonds is 1. The number of carbonyl (C=O) groups is 2. The maximum atomic E-state index is 11.2. The Morgan fingerprint density at radius 1 is 1.00 bits per heavy atom. The van der Waals surface area contributed by atoms with E-state index in [1.165, 1.54) is 0 Å². The summed E-state index contributed by atoms with van der Waals surface area (Å²) in [6.45, 7) is 1.55. The lowest BCUT2D eigenvalue weighted by Crippen LogP contribution is -2.41. The zero-order valence-electron chi connectivity index (χ0n) is 8.12. The molecule has 0 aliphatic carbocycles. The number of imide groups is 1. The van der Waals surface area contributed by atoms with Crippen LogP contribution in [0.3, 0.4) is 0 Å². The Morgan fingerprint density at radius 2 is 1.57 bits per heavy atom. The largest absolute Gasteiger partial charge is 0.381 e. The summed E-state index contributed by atoms with van der Waals surface area (Å²) in [6, 6.07) is 0. The van der Waals surface area contributed by atoms with Crippen LogP contribution in [0.15, 0.2) is 0 Å². The molecule has 14 heavy (non-hydrogen) atoms. The van der Waals surface area contributed by atoms with Gasteiger partial charge >= 0.3 is 0 Å². The molecule has 0 aromatic rings. The molecule has 2 amide bonds. The molecule has 0 atom stereocenters. The number of carbonyl (C=O) groups excluding carboxylic acids is 2. The molecule has 0 spiro atoms. The summed E-state index contributed by atoms with van der Waals surface area (Å²) in [6.07, 6.45) is 3.00. The summed E-state index contributed by atoms with van der Waals surface area (Å²) in [5, 5.41) is 2.34. The molecule has 1 N–H and O–H groups in total. The van der Waals surface area contributed by atoms with Crippen molar-refractivity contribution in [2.75, 3.05) is 13.2 Å². The van der Waals surface area contributed by atoms with Gasteiger partial charge in [-0.1, -0.05) is 0 Å². The van der Waals surface area contributed by atoms with Crippen molar-refractivity contribution in [2.24, 2.45) is 11.8 Å². The monoisotopic (exact) mass is 197 g/mol. The Kier molecular flexibility index (Phi) is 2.82. The second-order valence-corrected chi connectivity index (χ2v) is 4.09. The van der Waals surface area contributed by atoms with Crippen LogP contribution in [0, 0.1) is 11.8 Å². The number of ether oxygens (including phenoxy) is 1. The molecule has 0 radical (unpaired) electrons. The highest BCUT2D eigenvalue weighted by atomic mass is 16.5. The van der Waals surface area contributed by atoms with E-state index in [1.54, 1.807) is 0 Å². The van der Waals surface area contributed by atoms with Crippen LogP contribution in [-0.4, -0.2) is 25.0 Å². The minimum absolute atomic E-state index is 0.113. The van der Waals surface area contributed by atoms with E-state index in [9.17, 15) is 9.59 Å². The first-order valence-electron chi connectivity index (χ1n) is 5.16. The predicted molar refractivity (Wildman–Crippen MR) is 49.4 cm³/mol. The first-order valence-corrected chi connectivity index (χ1v) is 5.16. The van der Waals surface area contributed by atoms with Crippen LogP contribution in [0.4, 0.5) is 0 Å². The maximum absolute atomic E-state index is 11.2. The molecule has 0 aromatic carbocycles. The molecule has 2 fully saturated rings. The van der Waals surface area contributed by atoms with Gasteiger partial charge in [-0.3, -0.25) is 14.9 Å². The minimum Gasteiger partial charge on any atom is -0.381 e. The quantitative estimate of drug-likeness (QED) is 0.621. The Labute approximate surface area is 83.0 Å². The lowest BCUT2D eigenvalue weighted by molar-refractivity contribution is -0.136. The molecular formula is C10H15NO3. The molecule has 0 bridgehead atoms. The van der Waals surface area contributed by atoms with Crippen molar-refractivity contribution in [3.05, 3.63) is 0 Å². The fraction of sp³-hybridized carbons (Fsp3) is 0.800. The van der Waals surface area contributed by atoms with Gasteiger partial charge in [-0.2, -0.15) is 0 Å². The number of piperidine rings is 1. The van der Waals surface area contributed by atoms with Crippen LogP contribution in [0.25, 0.3) is 0 Å². The molecule has 2 heterocycles. The van der Waals surface area contributed by atoms with E-state index in [4.69, 9.17) is 4.74 Å². The first-order chi connectivity index (χ1) is 6.75. The molecule has 0 saturated carbocycles. The van der Waals surface area contributed by atoms with Gasteiger partial charge in [-0.25, -0.2) is 0 Å². The Bertz CT molecular complexity index is 230. The van der Waals surface area contributed by atoms with Gasteiger partial charge in [-0.15, -0.1) is 0 Å². The third-order valence-corrected chi connectivity index (χ3v) is 3.11. The van der Waals surface area contributed by atoms with E-state index >= 15 is 0 Å². The predicted octanol–water partition coefficient (Wildman–Crippen LogP) is 0.466. The topological polar surface area (TPSA) is 55.4 Å². The van der Waals surface area contributed by atoms with Gasteiger partial charge in [0.15, 0.2) is 0 Å². The highest BCUT2D eigenvalue weighted by molar-refractivity contribution is 5.97. The third-order valence-electron chi connectivity index (χ3n) is 3.11. The van der Waals surface area contributed by atoms with E-state index in [1.807, 2.05) is 0 Å². The van der Waals surface area contributed by atoms with Crippen LogP contribution in [0.2, 0.25) is 0 Å². The van der Waals surface area contributed by atoms with E-state index in [-0.39, 0.29) is 17.7 Å². The van der Waals surface area contributed by atoms with Crippen molar-refractivity contribution in [1.29, 1.82) is 0 Å². The number of amides is 2. The van der Waals surface area contributed by atoms with Crippen molar-refractivity contribution in [3.8, 4) is 0 Å². The van der Waals surface area contributed by atoms with Gasteiger partial charge in [0.05, 0.1) is 0 Å². The van der Waals surface area contributed by atoms with Crippen LogP contribution in [0.1, 0.15) is 25.7 Å². The van der Waals surface area contributed by atoms with Crippen molar-refractivity contribution >= 4 is 11.8 Å². The Balaban J connectivity index is 1.95. The van der Waals surface area contributed by atoms with Crippen LogP contribution in [0.5, 0.6) is 0 Å². The summed E-state index contributed by atoms with van der Waals surface area (Å²) >= 11 is 0. The summed E-state index contributed by atoms with van der Waals surface area (Å²) in [4.78, 5) is 22.3. The van der Waals surface area contributed by atoms with Gasteiger partial charge in [0.1, 0.15) is 0 Å². The molecule has 4 nitrogen and oxygen atoms in total. The Hall–Kier alpha value is -0.900. The molecule has 2 rings (SSSR count). The molecule has 0 aromatic heterocycles. The van der Waals surface area contributed by atoms with E-state index in [0.29, 0.717) is 18.8 Å². The van der Waals surface area contributed by atoms with Gasteiger partial charge in [0.25, 0.3) is 0 Å². The Morgan fingerprint density at radius 3 is 2.14 bits per heavy atom. The normalized spacial score (nSPS) is 26.3. The van der Waals surface area contributed by atoms with Crippen LogP contribution < -0.4 is 5.32 Å². The molecule has 2 aliphatic heterocycles. The number of hydrogen-bond donors (Lipinski definition) is 1. The van der Waals surface area contributed by atoms with E-state index in [2.05, 4.69) is 5.32 Å². The second-order valence-electron chi connectivity index (χ2n) is 4.09. The van der Waals surface area contributed by atoms with Crippen molar-refractivity contribution in [1.82, 2.24) is 5.32 Å². The average Bonchev–Trinajstić information content (AvgIpc) is 2.18. The van der Waals surface area contributed by atoms with Gasteiger partial charge in [0, 0.05) is 26.1 Å². The third kappa shape index (κ3) is 2.12. The number of nitrogens with one attached hydrogen (secondary N) is 1. The number of hydrogen-bond acceptors (Lipinski definition) is 3. The van der Waals surface area contributed by atoms with Gasteiger partial charge < -0.3 is 4.74 Å². The highest BCUT2D eigenvalue weighted by Gasteiger charge is 2.31. The summed E-state index contributed by atoms with van der Waals surface area (Å²) in [7, 11) is 0. The molecule has 2 saturated heterocycles. The SMILES string of the molecule is O=C1CC(C2CCOCC2)CC(=O)N1. The fourth-order valence-corrected chi connectivity index (χ4v) is 2.33. The summed E-state index contributed by atoms with van der Waals surface area (Å²) in [5.74, 6) is 0.523. The molecule has 0 unspecified atom stereocenters. The van der Waals surface area contributed by atoms with Crippen molar-refractivity contribution in [3.63, 3.8) is 0 Å². The van der Waals surface area contributed by atoms with Gasteiger partial charge in [0.2, 0.25) is 11.8 Å². The van der Waals surface area contributed by atoms with Crippen LogP contribution in [-0.2, 0) is 14.3 Å². The standard InChI is InChI=1S/C10H15NO3/c12-9-5-8(6-10(13)11-9)7-1-3-14-4-2-7/h7-8H,1-6H2,(H,11,12,13). The van der Waals surface area contributed by atoms with Crippen LogP contribution >= 0.6 is 0 Å². The molecule has 78 valence electrons. The second kappa shape index (κ2) is 4.09. The van der Waals surface area contributed by atoms with Gasteiger partial charge in [-0.05, 0) is 24.7 Å². The molecular weight excluding hydrogens is 182 g/mol. The lowest BCUT2D eigenvalue weighted by atomic mass is 9.80. The average molecular weight is 197 g/mol. The first kappa shape index (κ1) is 9.65. The zero-order valence-corrected chi connectivity index (χ0v) is 8.12. The summed E-state index contributed by atoms with van der Waals surface area (Å²) in [5.41, 5.74) is 0. The molecule has 4 heteroatoms. The van der Waals surface area contributed by atoms with E-state index < -0.39 is 0 Å². The zero-order chi connectivity index (χ0) is 9.97. The molecule has 2 aliphatic rings. The minimum atomic E-state index is -0.113.